The van der Waals surface area contributed by atoms with Crippen LogP contribution in [0.25, 0.3) is 0 Å². The van der Waals surface area contributed by atoms with Gasteiger partial charge in [0.25, 0.3) is 5.91 Å². The number of amides is 1. The first-order chi connectivity index (χ1) is 9.04. The molecule has 1 heterocycles. The van der Waals surface area contributed by atoms with E-state index in [4.69, 9.17) is 11.6 Å². The Bertz CT molecular complexity index is 481. The van der Waals surface area contributed by atoms with Crippen LogP contribution in [0.5, 0.6) is 0 Å². The van der Waals surface area contributed by atoms with Gasteiger partial charge in [-0.05, 0) is 25.1 Å². The second kappa shape index (κ2) is 6.06. The van der Waals surface area contributed by atoms with E-state index in [-0.39, 0.29) is 11.9 Å². The van der Waals surface area contributed by atoms with Crippen LogP contribution in [0.2, 0.25) is 5.02 Å². The maximum Gasteiger partial charge on any atom is 0.256 e. The number of benzene rings is 1. The lowest BCUT2D eigenvalue weighted by Crippen LogP contribution is -2.48. The van der Waals surface area contributed by atoms with Crippen molar-refractivity contribution in [2.24, 2.45) is 0 Å². The fraction of sp³-hybridized carbons (Fsp3) is 0.500. The van der Waals surface area contributed by atoms with Gasteiger partial charge in [0.05, 0.1) is 5.56 Å². The smallest absolute Gasteiger partial charge is 0.256 e. The van der Waals surface area contributed by atoms with Gasteiger partial charge in [-0.2, -0.15) is 11.8 Å². The number of rotatable bonds is 2. The number of carbonyl (C=O) groups excluding carboxylic acids is 1. The van der Waals surface area contributed by atoms with Crippen molar-refractivity contribution >= 4 is 35.0 Å². The molecule has 0 bridgehead atoms. The third kappa shape index (κ3) is 3.00. The maximum atomic E-state index is 12.7. The number of carbonyl (C=O) groups is 1. The summed E-state index contributed by atoms with van der Waals surface area (Å²) in [6.45, 7) is 5.08. The summed E-state index contributed by atoms with van der Waals surface area (Å²) in [6, 6.07) is 5.63. The van der Waals surface area contributed by atoms with Crippen LogP contribution >= 0.6 is 23.4 Å². The Morgan fingerprint density at radius 1 is 1.47 bits per heavy atom. The first-order valence-corrected chi connectivity index (χ1v) is 7.87. The van der Waals surface area contributed by atoms with E-state index in [0.29, 0.717) is 15.8 Å². The molecule has 19 heavy (non-hydrogen) atoms. The number of nitrogens with one attached hydrogen (secondary N) is 1. The van der Waals surface area contributed by atoms with Crippen LogP contribution in [-0.2, 0) is 0 Å². The van der Waals surface area contributed by atoms with Crippen LogP contribution in [0.1, 0.15) is 24.2 Å². The SMILES string of the molecule is CNc1ccc(Cl)cc1C(=O)N1CCSC(C)C1C. The minimum absolute atomic E-state index is 0.0616. The van der Waals surface area contributed by atoms with E-state index < -0.39 is 0 Å². The molecule has 0 saturated carbocycles. The second-order valence-corrected chi connectivity index (χ2v) is 6.68. The van der Waals surface area contributed by atoms with Gasteiger partial charge in [-0.3, -0.25) is 4.79 Å². The Kier molecular flexibility index (Phi) is 4.63. The van der Waals surface area contributed by atoms with Crippen molar-refractivity contribution in [2.45, 2.75) is 25.1 Å². The molecule has 1 aliphatic rings. The Labute approximate surface area is 123 Å². The summed E-state index contributed by atoms with van der Waals surface area (Å²) >= 11 is 7.94. The minimum atomic E-state index is 0.0616. The summed E-state index contributed by atoms with van der Waals surface area (Å²) in [5.41, 5.74) is 1.48. The van der Waals surface area contributed by atoms with Crippen LogP contribution in [0.3, 0.4) is 0 Å². The summed E-state index contributed by atoms with van der Waals surface area (Å²) in [5, 5.41) is 4.12. The fourth-order valence-corrected chi connectivity index (χ4v) is 3.56. The van der Waals surface area contributed by atoms with Crippen molar-refractivity contribution in [2.75, 3.05) is 24.7 Å². The Hall–Kier alpha value is -0.870. The molecule has 2 unspecified atom stereocenters. The Balaban J connectivity index is 2.30. The Morgan fingerprint density at radius 2 is 2.21 bits per heavy atom. The van der Waals surface area contributed by atoms with E-state index in [1.165, 1.54) is 0 Å². The first kappa shape index (κ1) is 14.5. The predicted molar refractivity (Wildman–Crippen MR) is 83.4 cm³/mol. The molecular formula is C14H19ClN2OS. The van der Waals surface area contributed by atoms with E-state index in [1.54, 1.807) is 12.1 Å². The highest BCUT2D eigenvalue weighted by Crippen LogP contribution is 2.28. The zero-order valence-electron chi connectivity index (χ0n) is 11.4. The molecule has 1 amide bonds. The summed E-state index contributed by atoms with van der Waals surface area (Å²) in [7, 11) is 1.82. The van der Waals surface area contributed by atoms with Crippen LogP contribution in [0.15, 0.2) is 18.2 Å². The lowest BCUT2D eigenvalue weighted by Gasteiger charge is -2.37. The number of anilines is 1. The molecule has 1 aromatic rings. The van der Waals surface area contributed by atoms with Gasteiger partial charge in [-0.25, -0.2) is 0 Å². The zero-order valence-corrected chi connectivity index (χ0v) is 13.0. The number of thioether (sulfide) groups is 1. The summed E-state index contributed by atoms with van der Waals surface area (Å²) in [4.78, 5) is 14.7. The molecule has 2 atom stereocenters. The highest BCUT2D eigenvalue weighted by molar-refractivity contribution is 8.00. The number of hydrogen-bond acceptors (Lipinski definition) is 3. The molecule has 5 heteroatoms. The topological polar surface area (TPSA) is 32.3 Å². The van der Waals surface area contributed by atoms with Gasteiger partial charge in [-0.15, -0.1) is 0 Å². The maximum absolute atomic E-state index is 12.7. The van der Waals surface area contributed by atoms with Gasteiger partial charge in [-0.1, -0.05) is 18.5 Å². The summed E-state index contributed by atoms with van der Waals surface area (Å²) in [5.74, 6) is 1.05. The molecule has 0 aliphatic carbocycles. The standard InChI is InChI=1S/C14H19ClN2OS/c1-9-10(2)19-7-6-17(9)14(18)12-8-11(15)4-5-13(12)16-3/h4-5,8-10,16H,6-7H2,1-3H3. The molecule has 0 aromatic heterocycles. The van der Waals surface area contributed by atoms with Crippen molar-refractivity contribution in [1.29, 1.82) is 0 Å². The average molecular weight is 299 g/mol. The van der Waals surface area contributed by atoms with Crippen LogP contribution < -0.4 is 5.32 Å². The van der Waals surface area contributed by atoms with Crippen LogP contribution in [-0.4, -0.2) is 41.4 Å². The molecule has 1 fully saturated rings. The second-order valence-electron chi connectivity index (χ2n) is 4.75. The van der Waals surface area contributed by atoms with Gasteiger partial charge in [0.1, 0.15) is 0 Å². The molecule has 2 rings (SSSR count). The fourth-order valence-electron chi connectivity index (χ4n) is 2.29. The van der Waals surface area contributed by atoms with Crippen LogP contribution in [0.4, 0.5) is 5.69 Å². The monoisotopic (exact) mass is 298 g/mol. The van der Waals surface area contributed by atoms with Crippen molar-refractivity contribution in [3.8, 4) is 0 Å². The molecule has 3 nitrogen and oxygen atoms in total. The van der Waals surface area contributed by atoms with Gasteiger partial charge in [0, 0.05) is 41.3 Å². The minimum Gasteiger partial charge on any atom is -0.387 e. The number of halogens is 1. The third-order valence-electron chi connectivity index (χ3n) is 3.63. The molecular weight excluding hydrogens is 280 g/mol. The number of nitrogens with zero attached hydrogens (tertiary/aromatic N) is 1. The number of hydrogen-bond donors (Lipinski definition) is 1. The quantitative estimate of drug-likeness (QED) is 0.909. The van der Waals surface area contributed by atoms with E-state index in [9.17, 15) is 4.79 Å². The largest absolute Gasteiger partial charge is 0.387 e. The van der Waals surface area contributed by atoms with Gasteiger partial charge in [0.2, 0.25) is 0 Å². The molecule has 1 N–H and O–H groups in total. The normalized spacial score (nSPS) is 23.3. The van der Waals surface area contributed by atoms with Crippen molar-refractivity contribution in [3.05, 3.63) is 28.8 Å². The van der Waals surface area contributed by atoms with Crippen molar-refractivity contribution in [1.82, 2.24) is 4.90 Å². The van der Waals surface area contributed by atoms with E-state index in [0.717, 1.165) is 18.0 Å². The lowest BCUT2D eigenvalue weighted by molar-refractivity contribution is 0.0699. The van der Waals surface area contributed by atoms with Gasteiger partial charge in [0.15, 0.2) is 0 Å². The lowest BCUT2D eigenvalue weighted by atomic mass is 10.1. The molecule has 0 radical (unpaired) electrons. The van der Waals surface area contributed by atoms with Gasteiger partial charge < -0.3 is 10.2 Å². The van der Waals surface area contributed by atoms with Crippen molar-refractivity contribution in [3.63, 3.8) is 0 Å². The third-order valence-corrected chi connectivity index (χ3v) is 5.20. The highest BCUT2D eigenvalue weighted by Gasteiger charge is 2.30. The van der Waals surface area contributed by atoms with E-state index in [2.05, 4.69) is 19.2 Å². The predicted octanol–water partition coefficient (Wildman–Crippen LogP) is 3.35. The van der Waals surface area contributed by atoms with E-state index >= 15 is 0 Å². The van der Waals surface area contributed by atoms with E-state index in [1.807, 2.05) is 29.8 Å². The Morgan fingerprint density at radius 3 is 2.89 bits per heavy atom. The molecule has 1 saturated heterocycles. The zero-order chi connectivity index (χ0) is 14.0. The first-order valence-electron chi connectivity index (χ1n) is 6.44. The van der Waals surface area contributed by atoms with Gasteiger partial charge >= 0.3 is 0 Å². The summed E-state index contributed by atoms with van der Waals surface area (Å²) < 4.78 is 0. The highest BCUT2D eigenvalue weighted by atomic mass is 35.5. The molecule has 1 aliphatic heterocycles. The molecule has 0 spiro atoms. The molecule has 104 valence electrons. The van der Waals surface area contributed by atoms with Crippen molar-refractivity contribution < 1.29 is 4.79 Å². The average Bonchev–Trinajstić information content (AvgIpc) is 2.41. The molecule has 1 aromatic carbocycles. The summed E-state index contributed by atoms with van der Waals surface area (Å²) in [6.07, 6.45) is 0. The van der Waals surface area contributed by atoms with Crippen LogP contribution in [0, 0.1) is 0 Å².